The number of rotatable bonds is 2. The molecule has 37 heavy (non-hydrogen) atoms. The molecule has 7 rings (SSSR count). The molecule has 0 atom stereocenters. The average Bonchev–Trinajstić information content (AvgIpc) is 3.47. The summed E-state index contributed by atoms with van der Waals surface area (Å²) in [7, 11) is 1.97. The van der Waals surface area contributed by atoms with Crippen molar-refractivity contribution >= 4 is 0 Å². The van der Waals surface area contributed by atoms with Gasteiger partial charge in [-0.15, -0.1) is 0 Å². The summed E-state index contributed by atoms with van der Waals surface area (Å²) in [5.74, 6) is 0. The first-order valence-corrected chi connectivity index (χ1v) is 13.0. The number of fused-ring (bicyclic) bond motifs is 7. The van der Waals surface area contributed by atoms with Crippen LogP contribution >= 0.6 is 0 Å². The third kappa shape index (κ3) is 3.25. The molecule has 0 aliphatic heterocycles. The van der Waals surface area contributed by atoms with Crippen LogP contribution in [0, 0.1) is 27.6 Å². The smallest absolute Gasteiger partial charge is 0.213 e. The highest BCUT2D eigenvalue weighted by atomic mass is 14.9. The first kappa shape index (κ1) is 19.1. The van der Waals surface area contributed by atoms with Gasteiger partial charge in [0.1, 0.15) is 7.05 Å². The van der Waals surface area contributed by atoms with E-state index >= 15 is 0 Å². The molecule has 0 radical (unpaired) electrons. The summed E-state index contributed by atoms with van der Waals surface area (Å²) in [5, 5.41) is 0. The van der Waals surface area contributed by atoms with Crippen LogP contribution in [0.2, 0.25) is 0 Å². The molecule has 2 aliphatic carbocycles. The molecule has 0 fully saturated rings. The monoisotopic (exact) mass is 482 g/mol. The second-order valence-corrected chi connectivity index (χ2v) is 10.6. The number of aryl methyl sites for hydroxylation is 4. The first-order valence-electron chi connectivity index (χ1n) is 14.5. The molecule has 0 spiro atoms. The lowest BCUT2D eigenvalue weighted by atomic mass is 9.85. The van der Waals surface area contributed by atoms with Gasteiger partial charge in [0.25, 0.3) is 0 Å². The van der Waals surface area contributed by atoms with Gasteiger partial charge in [0.2, 0.25) is 5.69 Å². The second-order valence-electron chi connectivity index (χ2n) is 10.6. The van der Waals surface area contributed by atoms with Crippen LogP contribution in [0.4, 0.5) is 0 Å². The van der Waals surface area contributed by atoms with Gasteiger partial charge in [0.15, 0.2) is 6.20 Å². The van der Waals surface area contributed by atoms with Crippen LogP contribution in [-0.4, -0.2) is 4.98 Å². The van der Waals surface area contributed by atoms with Crippen molar-refractivity contribution in [3.8, 4) is 44.6 Å². The molecule has 2 heterocycles. The van der Waals surface area contributed by atoms with Gasteiger partial charge in [-0.2, -0.15) is 0 Å². The van der Waals surface area contributed by atoms with Gasteiger partial charge < -0.3 is 0 Å². The number of benzene rings is 3. The largest absolute Gasteiger partial charge is 0.257 e. The Balaban J connectivity index is 1.56. The third-order valence-electron chi connectivity index (χ3n) is 8.26. The number of hydrogen-bond acceptors (Lipinski definition) is 1. The molecule has 3 aromatic carbocycles. The summed E-state index contributed by atoms with van der Waals surface area (Å²) < 4.78 is 27.0. The maximum absolute atomic E-state index is 8.34. The Bertz CT molecular complexity index is 1860. The van der Waals surface area contributed by atoms with Crippen LogP contribution in [0.1, 0.15) is 48.9 Å². The number of nitrogens with zero attached hydrogens (tertiary/aromatic N) is 2. The minimum Gasteiger partial charge on any atom is -0.257 e. The predicted molar refractivity (Wildman–Crippen MR) is 152 cm³/mol. The Labute approximate surface area is 223 Å². The van der Waals surface area contributed by atoms with Gasteiger partial charge in [-0.05, 0) is 90.2 Å². The van der Waals surface area contributed by atoms with Crippen molar-refractivity contribution in [2.45, 2.75) is 40.5 Å². The van der Waals surface area contributed by atoms with E-state index in [0.29, 0.717) is 5.56 Å². The Kier molecular flexibility index (Phi) is 4.12. The van der Waals surface area contributed by atoms with E-state index in [-0.39, 0.29) is 0 Å². The van der Waals surface area contributed by atoms with E-state index in [1.54, 1.807) is 0 Å². The summed E-state index contributed by atoms with van der Waals surface area (Å²) in [6.07, 6.45) is 3.48. The van der Waals surface area contributed by atoms with Gasteiger partial charge in [-0.25, -0.2) is 4.57 Å². The topological polar surface area (TPSA) is 16.8 Å². The normalized spacial score (nSPS) is 14.3. The highest BCUT2D eigenvalue weighted by Gasteiger charge is 2.36. The van der Waals surface area contributed by atoms with Crippen molar-refractivity contribution in [3.05, 3.63) is 118 Å². The van der Waals surface area contributed by atoms with Crippen LogP contribution in [0.3, 0.4) is 0 Å². The van der Waals surface area contributed by atoms with Gasteiger partial charge in [-0.1, -0.05) is 60.2 Å². The molecular formula is C35H31N2+. The predicted octanol–water partition coefficient (Wildman–Crippen LogP) is 7.62. The lowest BCUT2D eigenvalue weighted by molar-refractivity contribution is -0.660. The molecule has 0 saturated carbocycles. The van der Waals surface area contributed by atoms with Crippen molar-refractivity contribution in [2.75, 3.05) is 0 Å². The zero-order valence-corrected chi connectivity index (χ0v) is 21.7. The molecule has 0 unspecified atom stereocenters. The highest BCUT2D eigenvalue weighted by Crippen LogP contribution is 2.53. The number of pyridine rings is 2. The Morgan fingerprint density at radius 2 is 1.57 bits per heavy atom. The molecule has 2 aromatic heterocycles. The Morgan fingerprint density at radius 1 is 0.784 bits per heavy atom. The minimum atomic E-state index is -2.23. The molecule has 0 saturated heterocycles. The molecule has 2 aliphatic rings. The molecule has 0 bridgehead atoms. The van der Waals surface area contributed by atoms with Crippen LogP contribution < -0.4 is 4.57 Å². The maximum atomic E-state index is 8.34. The summed E-state index contributed by atoms with van der Waals surface area (Å²) in [6.45, 7) is 4.11. The van der Waals surface area contributed by atoms with Crippen LogP contribution in [0.15, 0.2) is 72.9 Å². The molecule has 0 N–H and O–H groups in total. The maximum Gasteiger partial charge on any atom is 0.213 e. The van der Waals surface area contributed by atoms with Crippen molar-refractivity contribution < 1.29 is 8.68 Å². The SMILES string of the molecule is [2H]C([2H])([2H])c1c[n+](C)c(-c2c(C)c3c(c4c2Cc2nc(C)ccc2-4)-c2ccccc2C3)cc1-c1ccc(C)cc1. The van der Waals surface area contributed by atoms with Gasteiger partial charge in [-0.3, -0.25) is 4.98 Å². The third-order valence-corrected chi connectivity index (χ3v) is 8.26. The first-order chi connectivity index (χ1) is 19.1. The number of aromatic nitrogens is 2. The molecule has 2 nitrogen and oxygen atoms in total. The Morgan fingerprint density at radius 3 is 2.38 bits per heavy atom. The summed E-state index contributed by atoms with van der Waals surface area (Å²) >= 11 is 0. The fraction of sp³-hybridized carbons (Fsp3) is 0.200. The highest BCUT2D eigenvalue weighted by molar-refractivity contribution is 6.00. The fourth-order valence-corrected chi connectivity index (χ4v) is 6.45. The van der Waals surface area contributed by atoms with E-state index in [0.717, 1.165) is 46.6 Å². The lowest BCUT2D eigenvalue weighted by Gasteiger charge is -2.18. The summed E-state index contributed by atoms with van der Waals surface area (Å²) in [5.41, 5.74) is 18.0. The van der Waals surface area contributed by atoms with E-state index in [1.807, 2.05) is 49.0 Å². The Hall–Kier alpha value is -4.04. The number of hydrogen-bond donors (Lipinski definition) is 0. The van der Waals surface area contributed by atoms with Crippen LogP contribution in [0.5, 0.6) is 0 Å². The van der Waals surface area contributed by atoms with E-state index in [2.05, 4.69) is 56.3 Å². The van der Waals surface area contributed by atoms with Gasteiger partial charge in [0, 0.05) is 33.4 Å². The molecule has 0 amide bonds. The van der Waals surface area contributed by atoms with E-state index < -0.39 is 6.85 Å². The summed E-state index contributed by atoms with van der Waals surface area (Å²) in [4.78, 5) is 4.98. The zero-order chi connectivity index (χ0) is 27.9. The van der Waals surface area contributed by atoms with Crippen molar-refractivity contribution in [3.63, 3.8) is 0 Å². The van der Waals surface area contributed by atoms with Crippen LogP contribution in [0.25, 0.3) is 44.6 Å². The lowest BCUT2D eigenvalue weighted by Crippen LogP contribution is -2.32. The standard InChI is InChI=1S/C35H31N2/c1-20-10-13-24(14-11-20)28-18-32(37(5)19-21(28)2)33-23(4)29-16-25-8-6-7-9-26(25)34(29)35-27-15-12-22(3)36-31(27)17-30(33)35/h6-15,18-19H,16-17H2,1-5H3/q+1/i2D3. The van der Waals surface area contributed by atoms with E-state index in [4.69, 9.17) is 9.10 Å². The van der Waals surface area contributed by atoms with Crippen molar-refractivity contribution in [1.82, 2.24) is 4.98 Å². The van der Waals surface area contributed by atoms with E-state index in [9.17, 15) is 0 Å². The van der Waals surface area contributed by atoms with E-state index in [1.165, 1.54) is 50.1 Å². The molecule has 180 valence electrons. The van der Waals surface area contributed by atoms with Gasteiger partial charge in [0.05, 0.1) is 11.3 Å². The second kappa shape index (κ2) is 7.98. The van der Waals surface area contributed by atoms with Crippen molar-refractivity contribution in [2.24, 2.45) is 7.05 Å². The van der Waals surface area contributed by atoms with Crippen LogP contribution in [-0.2, 0) is 19.9 Å². The van der Waals surface area contributed by atoms with Crippen molar-refractivity contribution in [1.29, 1.82) is 0 Å². The fourth-order valence-electron chi connectivity index (χ4n) is 6.45. The zero-order valence-electron chi connectivity index (χ0n) is 24.7. The van der Waals surface area contributed by atoms with Gasteiger partial charge >= 0.3 is 0 Å². The molecular weight excluding hydrogens is 448 g/mol. The average molecular weight is 483 g/mol. The minimum absolute atomic E-state index is 0.367. The summed E-state index contributed by atoms with van der Waals surface area (Å²) in [6, 6.07) is 23.4. The molecule has 5 aromatic rings. The molecule has 2 heteroatoms. The quantitative estimate of drug-likeness (QED) is 0.232.